The SMILES string of the molecule is CN(C)C(=O)[C@H]1CC2=C(Cc3ccccc32)[C@H](c2ccc(NC34CC5CC(CC(C5)C3)C4)cc2)N1C(=O)CCl. The molecule has 2 aromatic rings. The zero-order chi connectivity index (χ0) is 26.9. The van der Waals surface area contributed by atoms with Gasteiger partial charge in [0.2, 0.25) is 11.8 Å². The smallest absolute Gasteiger partial charge is 0.245 e. The Morgan fingerprint density at radius 1 is 0.974 bits per heavy atom. The molecule has 5 nitrogen and oxygen atoms in total. The lowest BCUT2D eigenvalue weighted by Gasteiger charge is -2.57. The average Bonchev–Trinajstić information content (AvgIpc) is 3.29. The number of anilines is 1. The summed E-state index contributed by atoms with van der Waals surface area (Å²) >= 11 is 6.18. The largest absolute Gasteiger partial charge is 0.380 e. The van der Waals surface area contributed by atoms with Gasteiger partial charge in [0.05, 0.1) is 6.04 Å². The summed E-state index contributed by atoms with van der Waals surface area (Å²) in [7, 11) is 3.52. The number of nitrogens with zero attached hydrogens (tertiary/aromatic N) is 2. The fourth-order valence-electron chi connectivity index (χ4n) is 9.17. The molecule has 1 heterocycles. The summed E-state index contributed by atoms with van der Waals surface area (Å²) in [6, 6.07) is 16.3. The quantitative estimate of drug-likeness (QED) is 0.467. The molecule has 4 fully saturated rings. The topological polar surface area (TPSA) is 52.7 Å². The molecular formula is C33H38ClN3O2. The van der Waals surface area contributed by atoms with E-state index in [1.54, 1.807) is 23.9 Å². The van der Waals surface area contributed by atoms with Crippen LogP contribution in [0.5, 0.6) is 0 Å². The Hall–Kier alpha value is -2.79. The highest BCUT2D eigenvalue weighted by atomic mass is 35.5. The summed E-state index contributed by atoms with van der Waals surface area (Å²) in [6.45, 7) is 0. The van der Waals surface area contributed by atoms with Gasteiger partial charge in [0.1, 0.15) is 11.9 Å². The van der Waals surface area contributed by atoms with Crippen LogP contribution in [0.25, 0.3) is 5.57 Å². The van der Waals surface area contributed by atoms with Crippen molar-refractivity contribution in [3.63, 3.8) is 0 Å². The van der Waals surface area contributed by atoms with Gasteiger partial charge in [-0.15, -0.1) is 11.6 Å². The first kappa shape index (κ1) is 25.2. The molecule has 6 aliphatic rings. The van der Waals surface area contributed by atoms with Gasteiger partial charge in [-0.2, -0.15) is 0 Å². The predicted molar refractivity (Wildman–Crippen MR) is 155 cm³/mol. The maximum Gasteiger partial charge on any atom is 0.245 e. The third-order valence-corrected chi connectivity index (χ3v) is 10.5. The van der Waals surface area contributed by atoms with Crippen molar-refractivity contribution in [1.29, 1.82) is 0 Å². The van der Waals surface area contributed by atoms with Crippen LogP contribution in [-0.4, -0.2) is 53.2 Å². The molecule has 0 aromatic heterocycles. The number of rotatable bonds is 5. The van der Waals surface area contributed by atoms with E-state index >= 15 is 0 Å². The zero-order valence-corrected chi connectivity index (χ0v) is 23.7. The number of benzene rings is 2. The number of carbonyl (C=O) groups is 2. The molecule has 204 valence electrons. The van der Waals surface area contributed by atoms with Crippen molar-refractivity contribution in [2.45, 2.75) is 69.0 Å². The fourth-order valence-corrected chi connectivity index (χ4v) is 9.31. The molecule has 1 N–H and O–H groups in total. The minimum atomic E-state index is -0.578. The monoisotopic (exact) mass is 543 g/mol. The number of carbonyl (C=O) groups excluding carboxylic acids is 2. The second-order valence-corrected chi connectivity index (χ2v) is 13.3. The van der Waals surface area contributed by atoms with E-state index in [0.717, 1.165) is 35.4 Å². The first-order chi connectivity index (χ1) is 18.8. The van der Waals surface area contributed by atoms with Crippen molar-refractivity contribution >= 4 is 34.7 Å². The van der Waals surface area contributed by atoms with Crippen LogP contribution in [-0.2, 0) is 16.0 Å². The Bertz CT molecular complexity index is 1310. The number of hydrogen-bond donors (Lipinski definition) is 1. The van der Waals surface area contributed by atoms with E-state index in [0.29, 0.717) is 6.42 Å². The van der Waals surface area contributed by atoms with Crippen molar-refractivity contribution in [2.75, 3.05) is 25.3 Å². The van der Waals surface area contributed by atoms with Crippen molar-refractivity contribution in [3.8, 4) is 0 Å². The van der Waals surface area contributed by atoms with Gasteiger partial charge >= 0.3 is 0 Å². The molecule has 2 amide bonds. The third-order valence-electron chi connectivity index (χ3n) is 10.3. The van der Waals surface area contributed by atoms with E-state index in [2.05, 4.69) is 53.8 Å². The highest BCUT2D eigenvalue weighted by molar-refractivity contribution is 6.27. The van der Waals surface area contributed by atoms with E-state index in [9.17, 15) is 9.59 Å². The Kier molecular flexibility index (Phi) is 6.07. The molecule has 2 atom stereocenters. The van der Waals surface area contributed by atoms with Crippen molar-refractivity contribution in [3.05, 3.63) is 70.8 Å². The highest BCUT2D eigenvalue weighted by Crippen LogP contribution is 2.57. The lowest BCUT2D eigenvalue weighted by molar-refractivity contribution is -0.145. The second-order valence-electron chi connectivity index (χ2n) is 13.1. The minimum Gasteiger partial charge on any atom is -0.380 e. The van der Waals surface area contributed by atoms with Crippen LogP contribution in [0.3, 0.4) is 0 Å². The van der Waals surface area contributed by atoms with Gasteiger partial charge in [0.15, 0.2) is 0 Å². The van der Waals surface area contributed by atoms with E-state index in [-0.39, 0.29) is 29.3 Å². The molecule has 39 heavy (non-hydrogen) atoms. The van der Waals surface area contributed by atoms with Crippen LogP contribution in [0.4, 0.5) is 5.69 Å². The van der Waals surface area contributed by atoms with E-state index in [4.69, 9.17) is 11.6 Å². The maximum absolute atomic E-state index is 13.5. The van der Waals surface area contributed by atoms with E-state index < -0.39 is 6.04 Å². The summed E-state index contributed by atoms with van der Waals surface area (Å²) in [5.41, 5.74) is 7.37. The molecule has 8 rings (SSSR count). The number of likely N-dealkylation sites (N-methyl/N-ethyl adjacent to an activating group) is 1. The highest BCUT2D eigenvalue weighted by Gasteiger charge is 2.51. The number of nitrogens with one attached hydrogen (secondary N) is 1. The molecule has 0 saturated heterocycles. The van der Waals surface area contributed by atoms with E-state index in [1.807, 2.05) is 0 Å². The molecule has 6 heteroatoms. The van der Waals surface area contributed by atoms with E-state index in [1.165, 1.54) is 60.8 Å². The van der Waals surface area contributed by atoms with Crippen molar-refractivity contribution < 1.29 is 9.59 Å². The van der Waals surface area contributed by atoms with Gasteiger partial charge in [-0.3, -0.25) is 9.59 Å². The number of amides is 2. The molecule has 4 bridgehead atoms. The van der Waals surface area contributed by atoms with Crippen LogP contribution in [0.1, 0.15) is 67.7 Å². The second kappa shape index (κ2) is 9.40. The van der Waals surface area contributed by atoms with Crippen LogP contribution in [0, 0.1) is 17.8 Å². The molecule has 2 aromatic carbocycles. The molecular weight excluding hydrogens is 506 g/mol. The number of hydrogen-bond acceptors (Lipinski definition) is 3. The van der Waals surface area contributed by atoms with Crippen LogP contribution in [0.15, 0.2) is 54.1 Å². The fraction of sp³-hybridized carbons (Fsp3) is 0.515. The van der Waals surface area contributed by atoms with Gasteiger partial charge in [-0.1, -0.05) is 36.4 Å². The first-order valence-electron chi connectivity index (χ1n) is 14.6. The van der Waals surface area contributed by atoms with Crippen LogP contribution in [0.2, 0.25) is 0 Å². The Balaban J connectivity index is 1.25. The van der Waals surface area contributed by atoms with Gasteiger partial charge in [-0.05, 0) is 103 Å². The average molecular weight is 544 g/mol. The lowest BCUT2D eigenvalue weighted by atomic mass is 9.53. The summed E-state index contributed by atoms with van der Waals surface area (Å²) in [6.07, 6.45) is 9.49. The molecule has 0 spiro atoms. The molecule has 5 aliphatic carbocycles. The Morgan fingerprint density at radius 2 is 1.62 bits per heavy atom. The third kappa shape index (κ3) is 4.20. The molecule has 1 aliphatic heterocycles. The van der Waals surface area contributed by atoms with Gasteiger partial charge in [-0.25, -0.2) is 0 Å². The van der Waals surface area contributed by atoms with Gasteiger partial charge in [0, 0.05) is 31.7 Å². The van der Waals surface area contributed by atoms with Crippen molar-refractivity contribution in [2.24, 2.45) is 17.8 Å². The van der Waals surface area contributed by atoms with Gasteiger partial charge < -0.3 is 15.1 Å². The first-order valence-corrected chi connectivity index (χ1v) is 15.1. The number of fused-ring (bicyclic) bond motifs is 2. The lowest BCUT2D eigenvalue weighted by Crippen LogP contribution is -2.54. The summed E-state index contributed by atoms with van der Waals surface area (Å²) < 4.78 is 0. The zero-order valence-electron chi connectivity index (χ0n) is 23.0. The predicted octanol–water partition coefficient (Wildman–Crippen LogP) is 6.05. The van der Waals surface area contributed by atoms with Crippen LogP contribution >= 0.6 is 11.6 Å². The molecule has 0 unspecified atom stereocenters. The summed E-state index contributed by atoms with van der Waals surface area (Å²) in [5.74, 6) is 2.27. The molecule has 0 radical (unpaired) electrons. The Morgan fingerprint density at radius 3 is 2.23 bits per heavy atom. The Labute approximate surface area is 236 Å². The minimum absolute atomic E-state index is 0.0606. The number of alkyl halides is 1. The summed E-state index contributed by atoms with van der Waals surface area (Å²) in [5, 5.41) is 3.99. The van der Waals surface area contributed by atoms with Crippen LogP contribution < -0.4 is 5.32 Å². The van der Waals surface area contributed by atoms with Gasteiger partial charge in [0.25, 0.3) is 0 Å². The number of halogens is 1. The normalized spacial score (nSPS) is 32.2. The maximum atomic E-state index is 13.5. The summed E-state index contributed by atoms with van der Waals surface area (Å²) in [4.78, 5) is 30.3. The molecule has 4 saturated carbocycles. The van der Waals surface area contributed by atoms with Crippen molar-refractivity contribution in [1.82, 2.24) is 9.80 Å². The standard InChI is InChI=1S/C33H38ClN3O2/c1-36(2)32(39)29-15-27-26-6-4-3-5-24(26)14-28(27)31(37(29)30(38)19-34)23-7-9-25(10-8-23)35-33-16-20-11-21(17-33)13-22(12-20)18-33/h3-10,20-22,29,31,35H,11-19H2,1-2H3/t20?,21?,22?,29-,31+,33?/m1/s1.